The van der Waals surface area contributed by atoms with Gasteiger partial charge in [0.1, 0.15) is 0 Å². The molecule has 3 rings (SSSR count). The van der Waals surface area contributed by atoms with Crippen molar-refractivity contribution in [3.05, 3.63) is 35.1 Å². The van der Waals surface area contributed by atoms with E-state index in [9.17, 15) is 14.7 Å². The molecule has 132 valence electrons. The average Bonchev–Trinajstić information content (AvgIpc) is 2.53. The molecule has 2 aromatic rings. The van der Waals surface area contributed by atoms with Gasteiger partial charge in [0.2, 0.25) is 0 Å². The Morgan fingerprint density at radius 1 is 1.42 bits per heavy atom. The number of nitrogens with one attached hydrogen (secondary N) is 1. The van der Waals surface area contributed by atoms with Gasteiger partial charge in [-0.1, -0.05) is 0 Å². The minimum atomic E-state index is -0.506. The fraction of sp³-hybridized carbons (Fsp3) is 0.467. The van der Waals surface area contributed by atoms with Crippen molar-refractivity contribution in [2.45, 2.75) is 38.0 Å². The van der Waals surface area contributed by atoms with Gasteiger partial charge in [0.15, 0.2) is 5.78 Å². The van der Waals surface area contributed by atoms with E-state index in [1.165, 1.54) is 17.1 Å². The number of fused-ring (bicyclic) bond motifs is 1. The molecule has 9 heteroatoms. The second-order valence-corrected chi connectivity index (χ2v) is 5.58. The molecule has 0 aliphatic carbocycles. The molecule has 1 fully saturated rings. The fourth-order valence-corrected chi connectivity index (χ4v) is 2.76. The van der Waals surface area contributed by atoms with Gasteiger partial charge in [-0.2, -0.15) is 0 Å². The van der Waals surface area contributed by atoms with Crippen LogP contribution in [0.2, 0.25) is 0 Å². The van der Waals surface area contributed by atoms with E-state index in [2.05, 4.69) is 15.3 Å². The zero-order valence-electron chi connectivity index (χ0n) is 12.9. The van der Waals surface area contributed by atoms with Gasteiger partial charge in [-0.3, -0.25) is 19.1 Å². The van der Waals surface area contributed by atoms with Crippen LogP contribution in [0.25, 0.3) is 10.9 Å². The van der Waals surface area contributed by atoms with Crippen molar-refractivity contribution in [1.29, 1.82) is 0 Å². The van der Waals surface area contributed by atoms with Crippen LogP contribution >= 0.6 is 24.8 Å². The summed E-state index contributed by atoms with van der Waals surface area (Å²) in [6, 6.07) is 1.43. The van der Waals surface area contributed by atoms with Gasteiger partial charge >= 0.3 is 0 Å². The number of aliphatic hydroxyl groups excluding tert-OH is 1. The van der Waals surface area contributed by atoms with E-state index in [0.29, 0.717) is 17.3 Å². The number of aromatic nitrogens is 3. The van der Waals surface area contributed by atoms with Crippen molar-refractivity contribution in [1.82, 2.24) is 19.9 Å². The van der Waals surface area contributed by atoms with E-state index in [0.717, 1.165) is 13.0 Å². The minimum absolute atomic E-state index is 0. The maximum absolute atomic E-state index is 12.3. The number of Topliss-reactive ketones (excluding diaryl/α,β-unsaturated/α-hetero) is 1. The fourth-order valence-electron chi connectivity index (χ4n) is 2.76. The number of hydrogen-bond acceptors (Lipinski definition) is 6. The molecule has 3 heterocycles. The summed E-state index contributed by atoms with van der Waals surface area (Å²) < 4.78 is 1.29. The Labute approximate surface area is 151 Å². The minimum Gasteiger partial charge on any atom is -0.391 e. The normalized spacial score (nSPS) is 20.0. The van der Waals surface area contributed by atoms with Crippen molar-refractivity contribution >= 4 is 41.5 Å². The summed E-state index contributed by atoms with van der Waals surface area (Å²) >= 11 is 0. The van der Waals surface area contributed by atoms with Gasteiger partial charge in [0, 0.05) is 24.9 Å². The Morgan fingerprint density at radius 3 is 2.96 bits per heavy atom. The zero-order chi connectivity index (χ0) is 15.5. The molecule has 0 radical (unpaired) electrons. The number of nitrogens with zero attached hydrogens (tertiary/aromatic N) is 3. The molecule has 0 aromatic carbocycles. The molecule has 24 heavy (non-hydrogen) atoms. The summed E-state index contributed by atoms with van der Waals surface area (Å²) in [5.74, 6) is -0.106. The van der Waals surface area contributed by atoms with E-state index in [4.69, 9.17) is 0 Å². The van der Waals surface area contributed by atoms with Gasteiger partial charge in [-0.05, 0) is 25.5 Å². The van der Waals surface area contributed by atoms with Crippen LogP contribution in [0, 0.1) is 0 Å². The Hall–Kier alpha value is -1.54. The zero-order valence-corrected chi connectivity index (χ0v) is 14.6. The van der Waals surface area contributed by atoms with E-state index in [1.54, 1.807) is 12.3 Å². The van der Waals surface area contributed by atoms with Crippen molar-refractivity contribution in [2.24, 2.45) is 0 Å². The van der Waals surface area contributed by atoms with Crippen LogP contribution < -0.4 is 10.9 Å². The van der Waals surface area contributed by atoms with Crippen LogP contribution in [0.1, 0.15) is 19.3 Å². The molecule has 1 saturated heterocycles. The molecule has 2 N–H and O–H groups in total. The van der Waals surface area contributed by atoms with Crippen LogP contribution in [0.3, 0.4) is 0 Å². The highest BCUT2D eigenvalue weighted by Gasteiger charge is 2.24. The smallest absolute Gasteiger partial charge is 0.263 e. The van der Waals surface area contributed by atoms with E-state index >= 15 is 0 Å². The molecular weight excluding hydrogens is 355 g/mol. The predicted octanol–water partition coefficient (Wildman–Crippen LogP) is 0.707. The maximum Gasteiger partial charge on any atom is 0.263 e. The molecule has 1 aliphatic rings. The van der Waals surface area contributed by atoms with Crippen molar-refractivity contribution in [3.8, 4) is 0 Å². The Morgan fingerprint density at radius 2 is 2.21 bits per heavy atom. The van der Waals surface area contributed by atoms with Gasteiger partial charge in [-0.25, -0.2) is 4.98 Å². The van der Waals surface area contributed by atoms with E-state index in [1.807, 2.05) is 0 Å². The van der Waals surface area contributed by atoms with E-state index in [-0.39, 0.29) is 55.2 Å². The monoisotopic (exact) mass is 374 g/mol. The first-order chi connectivity index (χ1) is 10.6. The first kappa shape index (κ1) is 20.5. The largest absolute Gasteiger partial charge is 0.391 e. The standard InChI is InChI=1S/C15H18N4O3.2ClH/c20-10(6-13-14(21)2-1-4-17-13)8-19-9-18-12-3-5-16-7-11(12)15(19)22;;/h3,5,7,9,13-14,17,21H,1-2,4,6,8H2;2*1H/t13-,14+;;/m1../s1. The first-order valence-electron chi connectivity index (χ1n) is 7.37. The predicted molar refractivity (Wildman–Crippen MR) is 94.9 cm³/mol. The summed E-state index contributed by atoms with van der Waals surface area (Å²) in [5.41, 5.74) is 0.289. The Balaban J connectivity index is 0.00000144. The lowest BCUT2D eigenvalue weighted by Crippen LogP contribution is -2.46. The third kappa shape index (κ3) is 4.51. The summed E-state index contributed by atoms with van der Waals surface area (Å²) in [4.78, 5) is 32.5. The average molecular weight is 375 g/mol. The molecule has 0 amide bonds. The van der Waals surface area contributed by atoms with Crippen LogP contribution in [0.15, 0.2) is 29.6 Å². The number of halogens is 2. The molecule has 2 atom stereocenters. The lowest BCUT2D eigenvalue weighted by atomic mass is 9.97. The second-order valence-electron chi connectivity index (χ2n) is 5.58. The number of hydrogen-bond donors (Lipinski definition) is 2. The molecule has 1 aliphatic heterocycles. The topological polar surface area (TPSA) is 97.1 Å². The quantitative estimate of drug-likeness (QED) is 0.817. The summed E-state index contributed by atoms with van der Waals surface area (Å²) in [7, 11) is 0. The highest BCUT2D eigenvalue weighted by molar-refractivity contribution is 5.85. The summed E-state index contributed by atoms with van der Waals surface area (Å²) in [6.45, 7) is 0.764. The van der Waals surface area contributed by atoms with Crippen molar-refractivity contribution in [3.63, 3.8) is 0 Å². The molecule has 7 nitrogen and oxygen atoms in total. The number of aliphatic hydroxyl groups is 1. The number of piperidine rings is 1. The van der Waals surface area contributed by atoms with Gasteiger partial charge in [-0.15, -0.1) is 24.8 Å². The molecular formula is C15H20Cl2N4O3. The molecule has 2 aromatic heterocycles. The Kier molecular flexibility index (Phi) is 7.75. The lowest BCUT2D eigenvalue weighted by Gasteiger charge is -2.28. The number of rotatable bonds is 4. The Bertz CT molecular complexity index is 753. The molecule has 0 unspecified atom stereocenters. The second kappa shape index (κ2) is 9.08. The van der Waals surface area contributed by atoms with Crippen LogP contribution in [0.5, 0.6) is 0 Å². The highest BCUT2D eigenvalue weighted by atomic mass is 35.5. The van der Waals surface area contributed by atoms with Gasteiger partial charge in [0.25, 0.3) is 5.56 Å². The third-order valence-corrected chi connectivity index (χ3v) is 3.97. The maximum atomic E-state index is 12.3. The van der Waals surface area contributed by atoms with Crippen molar-refractivity contribution < 1.29 is 9.90 Å². The van der Waals surface area contributed by atoms with Crippen LogP contribution in [0.4, 0.5) is 0 Å². The molecule has 0 saturated carbocycles. The van der Waals surface area contributed by atoms with Crippen molar-refractivity contribution in [2.75, 3.05) is 6.54 Å². The van der Waals surface area contributed by atoms with Gasteiger partial charge in [0.05, 0.1) is 29.9 Å². The summed E-state index contributed by atoms with van der Waals surface area (Å²) in [6.07, 6.45) is 5.72. The van der Waals surface area contributed by atoms with E-state index < -0.39 is 6.10 Å². The number of ketones is 1. The lowest BCUT2D eigenvalue weighted by molar-refractivity contribution is -0.121. The van der Waals surface area contributed by atoms with Crippen LogP contribution in [-0.4, -0.2) is 44.1 Å². The first-order valence-corrected chi connectivity index (χ1v) is 7.37. The number of pyridine rings is 1. The molecule has 0 spiro atoms. The summed E-state index contributed by atoms with van der Waals surface area (Å²) in [5, 5.41) is 13.4. The highest BCUT2D eigenvalue weighted by Crippen LogP contribution is 2.12. The SMILES string of the molecule is Cl.Cl.O=C(C[C@H]1NCCC[C@@H]1O)Cn1cnc2ccncc2c1=O. The number of carbonyl (C=O) groups is 1. The molecule has 0 bridgehead atoms. The van der Waals surface area contributed by atoms with Gasteiger partial charge < -0.3 is 10.4 Å². The van der Waals surface area contributed by atoms with Crippen LogP contribution in [-0.2, 0) is 11.3 Å². The number of carbonyl (C=O) groups excluding carboxylic acids is 1. The third-order valence-electron chi connectivity index (χ3n) is 3.97.